The summed E-state index contributed by atoms with van der Waals surface area (Å²) in [6.07, 6.45) is 18.7. The molecule has 0 aliphatic rings. The van der Waals surface area contributed by atoms with E-state index in [1.54, 1.807) is 0 Å². The SMILES string of the molecule is CCCCCc1ccc(N(c2ccc(C)cc2)c2ccc(CCCCc3ccc(C)cc3)cc2)cc1.Cc1ccc(CCCCc2ccc(-c3nc(-c4ccc(C)cc4)nc(-c4ccc(CCCCc5ccc(-c6ccc(C)cc6)cc5)cc4)n3)cc2)cc1. The van der Waals surface area contributed by atoms with Crippen LogP contribution in [0.25, 0.3) is 45.3 Å². The van der Waals surface area contributed by atoms with E-state index in [1.807, 2.05) is 0 Å². The lowest BCUT2D eigenvalue weighted by Gasteiger charge is -2.26. The molecule has 0 saturated carbocycles. The smallest absolute Gasteiger partial charge is 0.164 e. The van der Waals surface area contributed by atoms with Crippen molar-refractivity contribution in [1.82, 2.24) is 15.0 Å². The quantitative estimate of drug-likeness (QED) is 0.0507. The van der Waals surface area contributed by atoms with E-state index >= 15 is 0 Å². The Labute approximate surface area is 532 Å². The van der Waals surface area contributed by atoms with E-state index in [0.29, 0.717) is 17.5 Å². The van der Waals surface area contributed by atoms with Crippen LogP contribution in [-0.2, 0) is 44.9 Å². The third-order valence-corrected chi connectivity index (χ3v) is 17.2. The number of aryl methyl sites for hydroxylation is 12. The zero-order valence-corrected chi connectivity index (χ0v) is 53.7. The van der Waals surface area contributed by atoms with Gasteiger partial charge in [-0.15, -0.1) is 0 Å². The highest BCUT2D eigenvalue weighted by Crippen LogP contribution is 2.36. The zero-order chi connectivity index (χ0) is 61.6. The Morgan fingerprint density at radius 1 is 0.213 bits per heavy atom. The summed E-state index contributed by atoms with van der Waals surface area (Å²) in [5.74, 6) is 2.10. The molecule has 1 aromatic heterocycles. The highest BCUT2D eigenvalue weighted by Gasteiger charge is 2.15. The number of aromatic nitrogens is 3. The maximum atomic E-state index is 5.01. The lowest BCUT2D eigenvalue weighted by molar-refractivity contribution is 0.717. The Morgan fingerprint density at radius 3 is 0.663 bits per heavy atom. The van der Waals surface area contributed by atoms with Gasteiger partial charge in [-0.25, -0.2) is 15.0 Å². The van der Waals surface area contributed by atoms with Crippen molar-refractivity contribution in [3.05, 3.63) is 309 Å². The van der Waals surface area contributed by atoms with E-state index < -0.39 is 0 Å². The molecule has 0 aliphatic carbocycles. The van der Waals surface area contributed by atoms with Gasteiger partial charge in [0.25, 0.3) is 0 Å². The molecule has 0 saturated heterocycles. The molecule has 0 amide bonds. The molecule has 0 spiro atoms. The summed E-state index contributed by atoms with van der Waals surface area (Å²) in [7, 11) is 0. The van der Waals surface area contributed by atoms with Crippen molar-refractivity contribution in [3.8, 4) is 45.3 Å². The Bertz CT molecular complexity index is 3870. The van der Waals surface area contributed by atoms with Crippen LogP contribution in [0, 0.1) is 34.6 Å². The molecule has 89 heavy (non-hydrogen) atoms. The van der Waals surface area contributed by atoms with Crippen LogP contribution in [0.2, 0.25) is 0 Å². The summed E-state index contributed by atoms with van der Waals surface area (Å²) in [5, 5.41) is 0. The molecule has 0 unspecified atom stereocenters. The zero-order valence-electron chi connectivity index (χ0n) is 53.7. The molecule has 4 heteroatoms. The molecule has 1 heterocycles. The highest BCUT2D eigenvalue weighted by atomic mass is 15.1. The van der Waals surface area contributed by atoms with Crippen molar-refractivity contribution in [3.63, 3.8) is 0 Å². The first-order valence-electron chi connectivity index (χ1n) is 32.9. The molecule has 4 nitrogen and oxygen atoms in total. The number of hydrogen-bond donors (Lipinski definition) is 0. The van der Waals surface area contributed by atoms with Gasteiger partial charge in [0.1, 0.15) is 0 Å². The van der Waals surface area contributed by atoms with Crippen LogP contribution in [-0.4, -0.2) is 15.0 Å². The maximum Gasteiger partial charge on any atom is 0.164 e. The third-order valence-electron chi connectivity index (χ3n) is 17.2. The topological polar surface area (TPSA) is 41.9 Å². The van der Waals surface area contributed by atoms with E-state index in [0.717, 1.165) is 74.5 Å². The van der Waals surface area contributed by atoms with Gasteiger partial charge in [-0.05, 0) is 211 Å². The van der Waals surface area contributed by atoms with Gasteiger partial charge in [-0.2, -0.15) is 0 Å². The lowest BCUT2D eigenvalue weighted by atomic mass is 9.99. The van der Waals surface area contributed by atoms with Gasteiger partial charge in [0, 0.05) is 33.8 Å². The van der Waals surface area contributed by atoms with Crippen LogP contribution in [0.1, 0.15) is 131 Å². The fourth-order valence-electron chi connectivity index (χ4n) is 11.5. The standard InChI is InChI=1S/C50H49N3.C35H41N/c1-36-12-18-39(19-13-36)8-4-5-10-41-22-32-46(33-23-41)49-51-48(45-28-16-38(3)17-29-45)52-50(53-49)47-34-24-42(25-35-47)11-7-6-9-40-20-30-44(31-21-40)43-26-14-37(2)15-27-43;1-4-5-6-9-31-18-24-34(25-19-31)36(33-22-14-29(3)15-23-33)35-26-20-32(21-27-35)11-8-7-10-30-16-12-28(2)13-17-30/h12-35H,4-11H2,1-3H3;12-27H,4-11H2,1-3H3. The Morgan fingerprint density at radius 2 is 0.393 bits per heavy atom. The fraction of sp³-hybridized carbons (Fsp3) is 0.259. The molecule has 0 bridgehead atoms. The summed E-state index contributed by atoms with van der Waals surface area (Å²) < 4.78 is 0. The second kappa shape index (κ2) is 32.3. The minimum Gasteiger partial charge on any atom is -0.311 e. The molecule has 0 fully saturated rings. The predicted molar refractivity (Wildman–Crippen MR) is 379 cm³/mol. The molecule has 0 aliphatic heterocycles. The minimum absolute atomic E-state index is 0.696. The van der Waals surface area contributed by atoms with Crippen molar-refractivity contribution in [2.24, 2.45) is 0 Å². The molecule has 10 aromatic carbocycles. The van der Waals surface area contributed by atoms with Crippen LogP contribution in [0.3, 0.4) is 0 Å². The number of hydrogen-bond acceptors (Lipinski definition) is 4. The number of unbranched alkanes of at least 4 members (excludes halogenated alkanes) is 5. The van der Waals surface area contributed by atoms with Crippen LogP contribution < -0.4 is 4.90 Å². The number of anilines is 3. The Hall–Kier alpha value is -8.99. The monoisotopic (exact) mass is 1170 g/mol. The number of rotatable bonds is 26. The Kier molecular flexibility index (Phi) is 22.9. The van der Waals surface area contributed by atoms with Gasteiger partial charge >= 0.3 is 0 Å². The molecule has 0 atom stereocenters. The minimum atomic E-state index is 0.696. The average Bonchev–Trinajstić information content (AvgIpc) is 3.52. The van der Waals surface area contributed by atoms with E-state index in [1.165, 1.54) is 140 Å². The van der Waals surface area contributed by atoms with Gasteiger partial charge in [0.05, 0.1) is 0 Å². The largest absolute Gasteiger partial charge is 0.311 e. The van der Waals surface area contributed by atoms with Crippen molar-refractivity contribution in [2.45, 2.75) is 144 Å². The van der Waals surface area contributed by atoms with Crippen molar-refractivity contribution in [2.75, 3.05) is 4.90 Å². The van der Waals surface area contributed by atoms with Gasteiger partial charge in [-0.1, -0.05) is 254 Å². The second-order valence-corrected chi connectivity index (χ2v) is 24.7. The first kappa shape index (κ1) is 63.0. The molecule has 450 valence electrons. The van der Waals surface area contributed by atoms with Crippen molar-refractivity contribution < 1.29 is 0 Å². The summed E-state index contributed by atoms with van der Waals surface area (Å²) in [4.78, 5) is 17.3. The summed E-state index contributed by atoms with van der Waals surface area (Å²) in [6.45, 7) is 12.9. The highest BCUT2D eigenvalue weighted by molar-refractivity contribution is 5.77. The van der Waals surface area contributed by atoms with Crippen molar-refractivity contribution >= 4 is 17.1 Å². The fourth-order valence-corrected chi connectivity index (χ4v) is 11.5. The molecule has 0 radical (unpaired) electrons. The van der Waals surface area contributed by atoms with Crippen LogP contribution in [0.4, 0.5) is 17.1 Å². The lowest BCUT2D eigenvalue weighted by Crippen LogP contribution is -2.10. The summed E-state index contributed by atoms with van der Waals surface area (Å²) >= 11 is 0. The third kappa shape index (κ3) is 19.0. The second-order valence-electron chi connectivity index (χ2n) is 24.7. The van der Waals surface area contributed by atoms with Crippen LogP contribution >= 0.6 is 0 Å². The predicted octanol–water partition coefficient (Wildman–Crippen LogP) is 22.7. The molecular weight excluding hydrogens is 1080 g/mol. The summed E-state index contributed by atoms with van der Waals surface area (Å²) in [5.41, 5.74) is 25.4. The number of benzene rings is 10. The van der Waals surface area contributed by atoms with Crippen LogP contribution in [0.15, 0.2) is 243 Å². The van der Waals surface area contributed by atoms with E-state index in [4.69, 9.17) is 15.0 Å². The molecule has 0 N–H and O–H groups in total. The molecule has 11 aromatic rings. The number of nitrogens with zero attached hydrogens (tertiary/aromatic N) is 4. The summed E-state index contributed by atoms with van der Waals surface area (Å²) in [6, 6.07) is 88.9. The molecular formula is C85H90N4. The van der Waals surface area contributed by atoms with E-state index in [9.17, 15) is 0 Å². The van der Waals surface area contributed by atoms with Crippen molar-refractivity contribution in [1.29, 1.82) is 0 Å². The van der Waals surface area contributed by atoms with E-state index in [-0.39, 0.29) is 0 Å². The van der Waals surface area contributed by atoms with Gasteiger partial charge < -0.3 is 4.90 Å². The Balaban J connectivity index is 0.000000212. The normalized spacial score (nSPS) is 11.1. The first-order valence-corrected chi connectivity index (χ1v) is 32.9. The van der Waals surface area contributed by atoms with Gasteiger partial charge in [0.15, 0.2) is 17.5 Å². The van der Waals surface area contributed by atoms with Crippen LogP contribution in [0.5, 0.6) is 0 Å². The maximum absolute atomic E-state index is 5.01. The average molecular weight is 1170 g/mol. The van der Waals surface area contributed by atoms with Gasteiger partial charge in [-0.3, -0.25) is 0 Å². The first-order chi connectivity index (χ1) is 43.6. The molecule has 11 rings (SSSR count). The van der Waals surface area contributed by atoms with E-state index in [2.05, 4.69) is 289 Å². The van der Waals surface area contributed by atoms with Gasteiger partial charge in [0.2, 0.25) is 0 Å².